The fraction of sp³-hybridized carbons (Fsp3) is 0.538. The zero-order chi connectivity index (χ0) is 39.7. The van der Waals surface area contributed by atoms with Gasteiger partial charge in [0.25, 0.3) is 0 Å². The van der Waals surface area contributed by atoms with Gasteiger partial charge in [-0.3, -0.25) is 0 Å². The Morgan fingerprint density at radius 1 is 0.491 bits per heavy atom. The van der Waals surface area contributed by atoms with Crippen LogP contribution in [0.25, 0.3) is 0 Å². The second-order valence-electron chi connectivity index (χ2n) is 18.8. The molecule has 0 saturated carbocycles. The van der Waals surface area contributed by atoms with Crippen molar-refractivity contribution < 1.29 is 4.31 Å². The molecule has 0 aromatic heterocycles. The summed E-state index contributed by atoms with van der Waals surface area (Å²) >= 11 is 0. The molecule has 0 amide bonds. The maximum absolute atomic E-state index is 8.20. The van der Waals surface area contributed by atoms with Crippen molar-refractivity contribution in [1.82, 2.24) is 0 Å². The molecule has 1 nitrogen and oxygen atoms in total. The highest BCUT2D eigenvalue weighted by Gasteiger charge is 2.59. The van der Waals surface area contributed by atoms with Gasteiger partial charge in [-0.15, -0.1) is 0 Å². The van der Waals surface area contributed by atoms with Gasteiger partial charge in [0.15, 0.2) is 0 Å². The number of hydrogen-bond acceptors (Lipinski definition) is 1. The molecule has 3 unspecified atom stereocenters. The molecular formula is C52H70OP4. The molecule has 304 valence electrons. The monoisotopic (exact) mass is 834 g/mol. The van der Waals surface area contributed by atoms with Crippen LogP contribution in [0.3, 0.4) is 0 Å². The van der Waals surface area contributed by atoms with Crippen LogP contribution in [-0.2, 0) is 4.31 Å². The van der Waals surface area contributed by atoms with Gasteiger partial charge in [0.1, 0.15) is 0 Å². The third-order valence-corrected chi connectivity index (χ3v) is 31.0. The lowest BCUT2D eigenvalue weighted by Gasteiger charge is -2.55. The Labute approximate surface area is 352 Å². The molecule has 4 fully saturated rings. The highest BCUT2D eigenvalue weighted by molar-refractivity contribution is 7.67. The molecule has 4 aliphatic heterocycles. The second-order valence-corrected chi connectivity index (χ2v) is 29.8. The molecule has 0 N–H and O–H groups in total. The van der Waals surface area contributed by atoms with Crippen LogP contribution in [0.5, 0.6) is 0 Å². The van der Waals surface area contributed by atoms with Crippen molar-refractivity contribution in [2.24, 2.45) is 11.8 Å². The van der Waals surface area contributed by atoms with Crippen molar-refractivity contribution in [2.75, 3.05) is 6.16 Å². The quantitative estimate of drug-likeness (QED) is 0.122. The van der Waals surface area contributed by atoms with Crippen molar-refractivity contribution >= 4 is 32.1 Å². The summed E-state index contributed by atoms with van der Waals surface area (Å²) in [7, 11) is -1.68. The molecule has 4 aromatic carbocycles. The average Bonchev–Trinajstić information content (AvgIpc) is 4.06. The maximum Gasteiger partial charge on any atom is 0.0497 e. The van der Waals surface area contributed by atoms with Gasteiger partial charge in [-0.05, 0) is 125 Å². The van der Waals surface area contributed by atoms with Crippen LogP contribution in [0.2, 0.25) is 0 Å². The van der Waals surface area contributed by atoms with E-state index >= 15 is 0 Å². The van der Waals surface area contributed by atoms with Crippen molar-refractivity contribution in [3.05, 3.63) is 144 Å². The van der Waals surface area contributed by atoms with Gasteiger partial charge in [-0.25, -0.2) is 0 Å². The molecule has 0 aliphatic carbocycles. The van der Waals surface area contributed by atoms with Gasteiger partial charge in [0, 0.05) is 38.9 Å². The Morgan fingerprint density at radius 3 is 1.40 bits per heavy atom. The molecule has 4 saturated heterocycles. The van der Waals surface area contributed by atoms with Gasteiger partial charge < -0.3 is 4.31 Å². The van der Waals surface area contributed by atoms with Crippen molar-refractivity contribution in [1.29, 1.82) is 0 Å². The molecule has 0 radical (unpaired) electrons. The SMILES string of the molecule is CC[C@@H]1CC[C@@H](CC)P1C(C)(C)C(C)(C)P1CC[C@H](C2C[C@@H](c3ccccc3)P(OP3[C@H](c4ccccc4)CC[C@H]3c3ccccc3)[C@@H]2c2ccccc2)[C@H]1CC. The van der Waals surface area contributed by atoms with E-state index in [-0.39, 0.29) is 15.8 Å². The molecule has 0 spiro atoms. The zero-order valence-corrected chi connectivity index (χ0v) is 39.6. The standard InChI is InChI=1S/C52H70OP4/c1-8-42-31-32-43(9-2)55(42)52(6,7)51(4,5)54-36-35-44(46(54)10-3)45-37-49(40-27-19-13-20-28-40)57(50(45)41-29-21-14-22-30-41)53-56-47(38-23-15-11-16-24-38)33-34-48(56)39-25-17-12-18-26-39/h11-30,42-50H,8-10,31-37H2,1-7H3/t42-,43-,44-,45?,46-,47+,48+,49+,50-,54?,57?/m1/s1. The number of hydrogen-bond donors (Lipinski definition) is 0. The topological polar surface area (TPSA) is 9.23 Å². The third-order valence-electron chi connectivity index (χ3n) is 15.7. The summed E-state index contributed by atoms with van der Waals surface area (Å²) in [6.07, 6.45) is 13.6. The van der Waals surface area contributed by atoms with Crippen molar-refractivity contribution in [3.8, 4) is 0 Å². The van der Waals surface area contributed by atoms with E-state index in [0.717, 1.165) is 22.9 Å². The molecular weight excluding hydrogens is 764 g/mol. The van der Waals surface area contributed by atoms with Crippen LogP contribution in [0.1, 0.15) is 151 Å². The predicted molar refractivity (Wildman–Crippen MR) is 255 cm³/mol. The fourth-order valence-corrected chi connectivity index (χ4v) is 29.3. The van der Waals surface area contributed by atoms with Gasteiger partial charge in [-0.1, -0.05) is 186 Å². The lowest BCUT2D eigenvalue weighted by Crippen LogP contribution is -2.46. The highest BCUT2D eigenvalue weighted by atomic mass is 31.2. The lowest BCUT2D eigenvalue weighted by atomic mass is 9.79. The summed E-state index contributed by atoms with van der Waals surface area (Å²) in [4.78, 5) is 0. The Bertz CT molecular complexity index is 1790. The second kappa shape index (κ2) is 18.3. The van der Waals surface area contributed by atoms with Crippen molar-refractivity contribution in [2.45, 2.75) is 156 Å². The smallest absolute Gasteiger partial charge is 0.0497 e. The molecule has 5 heteroatoms. The molecule has 8 rings (SSSR count). The summed E-state index contributed by atoms with van der Waals surface area (Å²) < 4.78 is 8.20. The van der Waals surface area contributed by atoms with Crippen LogP contribution >= 0.6 is 32.1 Å². The number of rotatable bonds is 13. The largest absolute Gasteiger partial charge is 0.335 e. The summed E-state index contributed by atoms with van der Waals surface area (Å²) in [5.74, 6) is 1.40. The van der Waals surface area contributed by atoms with E-state index in [9.17, 15) is 0 Å². The molecule has 4 aliphatic rings. The summed E-state index contributed by atoms with van der Waals surface area (Å²) in [6.45, 7) is 18.6. The van der Waals surface area contributed by atoms with Crippen LogP contribution < -0.4 is 0 Å². The molecule has 0 bridgehead atoms. The molecule has 4 aromatic rings. The van der Waals surface area contributed by atoms with E-state index in [2.05, 4.69) is 170 Å². The Morgan fingerprint density at radius 2 is 0.947 bits per heavy atom. The zero-order valence-electron chi connectivity index (χ0n) is 36.0. The minimum absolute atomic E-state index is 0.0116. The van der Waals surface area contributed by atoms with Gasteiger partial charge in [-0.2, -0.15) is 0 Å². The predicted octanol–water partition coefficient (Wildman–Crippen LogP) is 17.2. The van der Waals surface area contributed by atoms with E-state index < -0.39 is 16.3 Å². The lowest BCUT2D eigenvalue weighted by molar-refractivity contribution is 0.307. The number of benzene rings is 4. The first kappa shape index (κ1) is 42.3. The average molecular weight is 835 g/mol. The molecule has 11 atom stereocenters. The van der Waals surface area contributed by atoms with E-state index in [1.807, 2.05) is 0 Å². The van der Waals surface area contributed by atoms with Crippen LogP contribution in [0, 0.1) is 11.8 Å². The van der Waals surface area contributed by atoms with Crippen molar-refractivity contribution in [3.63, 3.8) is 0 Å². The minimum Gasteiger partial charge on any atom is -0.335 e. The van der Waals surface area contributed by atoms with E-state index in [1.165, 1.54) is 80.6 Å². The third kappa shape index (κ3) is 8.08. The normalized spacial score (nSPS) is 32.6. The first-order valence-electron chi connectivity index (χ1n) is 22.7. The molecule has 57 heavy (non-hydrogen) atoms. The Hall–Kier alpha value is -1.44. The molecule has 4 heterocycles. The summed E-state index contributed by atoms with van der Waals surface area (Å²) in [6, 6.07) is 46.4. The van der Waals surface area contributed by atoms with Crippen LogP contribution in [-0.4, -0.2) is 33.5 Å². The van der Waals surface area contributed by atoms with E-state index in [1.54, 1.807) is 5.56 Å². The minimum atomic E-state index is -0.799. The Balaban J connectivity index is 1.18. The van der Waals surface area contributed by atoms with Gasteiger partial charge >= 0.3 is 0 Å². The van der Waals surface area contributed by atoms with Crippen LogP contribution in [0.4, 0.5) is 0 Å². The fourth-order valence-electron chi connectivity index (χ4n) is 12.3. The van der Waals surface area contributed by atoms with Crippen LogP contribution in [0.15, 0.2) is 121 Å². The van der Waals surface area contributed by atoms with Gasteiger partial charge in [0.05, 0.1) is 0 Å². The van der Waals surface area contributed by atoms with Gasteiger partial charge in [0.2, 0.25) is 0 Å². The van der Waals surface area contributed by atoms with E-state index in [4.69, 9.17) is 4.31 Å². The first-order valence-corrected chi connectivity index (χ1v) is 28.6. The Kier molecular flexibility index (Phi) is 13.5. The summed E-state index contributed by atoms with van der Waals surface area (Å²) in [5, 5.41) is 0.767. The first-order chi connectivity index (χ1) is 27.7. The highest BCUT2D eigenvalue weighted by Crippen LogP contribution is 2.85. The summed E-state index contributed by atoms with van der Waals surface area (Å²) in [5.41, 5.74) is 10.6. The maximum atomic E-state index is 8.20. The van der Waals surface area contributed by atoms with E-state index in [0.29, 0.717) is 38.9 Å².